The second-order valence-electron chi connectivity index (χ2n) is 8.38. The van der Waals surface area contributed by atoms with E-state index in [-0.39, 0.29) is 24.5 Å². The third-order valence-corrected chi connectivity index (χ3v) is 5.57. The van der Waals surface area contributed by atoms with E-state index in [0.29, 0.717) is 29.8 Å². The molecule has 1 saturated carbocycles. The topological polar surface area (TPSA) is 107 Å². The molecule has 9 nitrogen and oxygen atoms in total. The highest BCUT2D eigenvalue weighted by molar-refractivity contribution is 5.91. The average Bonchev–Trinajstić information content (AvgIpc) is 3.52. The monoisotopic (exact) mass is 427 g/mol. The molecule has 2 amide bonds. The van der Waals surface area contributed by atoms with Crippen LogP contribution in [0.4, 0.5) is 5.82 Å². The summed E-state index contributed by atoms with van der Waals surface area (Å²) in [5, 5.41) is 13.9. The van der Waals surface area contributed by atoms with Crippen LogP contribution in [0.25, 0.3) is 0 Å². The maximum absolute atomic E-state index is 12.6. The van der Waals surface area contributed by atoms with E-state index in [1.54, 1.807) is 36.1 Å². The van der Waals surface area contributed by atoms with Crippen LogP contribution in [-0.2, 0) is 9.59 Å². The van der Waals surface area contributed by atoms with Crippen LogP contribution >= 0.6 is 0 Å². The Morgan fingerprint density at radius 2 is 1.97 bits per heavy atom. The van der Waals surface area contributed by atoms with E-state index in [9.17, 15) is 9.59 Å². The van der Waals surface area contributed by atoms with E-state index < -0.39 is 6.29 Å². The summed E-state index contributed by atoms with van der Waals surface area (Å²) in [5.41, 5.74) is 0.925. The second kappa shape index (κ2) is 8.97. The standard InChI is InChI=1S/C22H29N5O4/c1-13(2)17-11-20(28)25-22(23-17)27-19(10-18(26-27)14-4-5-14)24-21(29)12-31-16-8-6-15(30-3)7-9-16/h6-10,13-14,17,22-23H,4-5,11-12H2,1-3H3,(H,24,29)(H,25,28). The number of rotatable bonds is 8. The number of ether oxygens (including phenoxy) is 2. The third kappa shape index (κ3) is 5.16. The molecule has 2 fully saturated rings. The van der Waals surface area contributed by atoms with E-state index in [4.69, 9.17) is 9.47 Å². The zero-order chi connectivity index (χ0) is 22.0. The number of carbonyl (C=O) groups is 2. The van der Waals surface area contributed by atoms with Crippen molar-refractivity contribution in [3.8, 4) is 11.5 Å². The highest BCUT2D eigenvalue weighted by Crippen LogP contribution is 2.40. The first-order valence-electron chi connectivity index (χ1n) is 10.6. The Balaban J connectivity index is 1.45. The molecule has 0 bridgehead atoms. The van der Waals surface area contributed by atoms with Crippen molar-refractivity contribution in [2.75, 3.05) is 19.0 Å². The molecule has 1 saturated heterocycles. The maximum Gasteiger partial charge on any atom is 0.263 e. The molecule has 9 heteroatoms. The minimum Gasteiger partial charge on any atom is -0.497 e. The third-order valence-electron chi connectivity index (χ3n) is 5.57. The SMILES string of the molecule is COc1ccc(OCC(=O)Nc2cc(C3CC3)nn2C2NC(=O)CC(C(C)C)N2)cc1. The molecule has 2 unspecified atom stereocenters. The van der Waals surface area contributed by atoms with Crippen LogP contribution in [0.2, 0.25) is 0 Å². The van der Waals surface area contributed by atoms with Crippen LogP contribution in [0.1, 0.15) is 51.0 Å². The van der Waals surface area contributed by atoms with Crippen molar-refractivity contribution in [3.05, 3.63) is 36.0 Å². The number of methoxy groups -OCH3 is 1. The largest absolute Gasteiger partial charge is 0.497 e. The predicted octanol–water partition coefficient (Wildman–Crippen LogP) is 2.38. The van der Waals surface area contributed by atoms with Crippen LogP contribution in [-0.4, -0.2) is 41.4 Å². The van der Waals surface area contributed by atoms with Gasteiger partial charge in [0.2, 0.25) is 5.91 Å². The van der Waals surface area contributed by atoms with Gasteiger partial charge in [-0.05, 0) is 43.0 Å². The molecule has 0 spiro atoms. The Hall–Kier alpha value is -3.07. The number of benzene rings is 1. The molecular formula is C22H29N5O4. The van der Waals surface area contributed by atoms with E-state index in [1.165, 1.54) is 0 Å². The van der Waals surface area contributed by atoms with Gasteiger partial charge in [-0.3, -0.25) is 14.9 Å². The molecule has 3 N–H and O–H groups in total. The lowest BCUT2D eigenvalue weighted by atomic mass is 9.99. The molecule has 2 heterocycles. The van der Waals surface area contributed by atoms with Crippen molar-refractivity contribution in [1.82, 2.24) is 20.4 Å². The fourth-order valence-electron chi connectivity index (χ4n) is 3.56. The zero-order valence-corrected chi connectivity index (χ0v) is 18.1. The number of aromatic nitrogens is 2. The first kappa shape index (κ1) is 21.2. The molecule has 4 rings (SSSR count). The van der Waals surface area contributed by atoms with Crippen molar-refractivity contribution < 1.29 is 19.1 Å². The molecule has 31 heavy (non-hydrogen) atoms. The number of carbonyl (C=O) groups excluding carboxylic acids is 2. The Bertz CT molecular complexity index is 936. The van der Waals surface area contributed by atoms with Gasteiger partial charge in [-0.1, -0.05) is 13.8 Å². The summed E-state index contributed by atoms with van der Waals surface area (Å²) in [6.45, 7) is 4.01. The fourth-order valence-corrected chi connectivity index (χ4v) is 3.56. The van der Waals surface area contributed by atoms with Gasteiger partial charge in [-0.25, -0.2) is 4.68 Å². The molecule has 166 valence electrons. The van der Waals surface area contributed by atoms with Gasteiger partial charge in [0.25, 0.3) is 5.91 Å². The van der Waals surface area contributed by atoms with Gasteiger partial charge in [-0.2, -0.15) is 5.10 Å². The number of nitrogens with zero attached hydrogens (tertiary/aromatic N) is 2. The van der Waals surface area contributed by atoms with E-state index in [0.717, 1.165) is 24.3 Å². The van der Waals surface area contributed by atoms with E-state index >= 15 is 0 Å². The summed E-state index contributed by atoms with van der Waals surface area (Å²) < 4.78 is 12.4. The summed E-state index contributed by atoms with van der Waals surface area (Å²) in [4.78, 5) is 24.8. The highest BCUT2D eigenvalue weighted by Gasteiger charge is 2.33. The molecule has 1 aliphatic heterocycles. The molecule has 1 aromatic carbocycles. The quantitative estimate of drug-likeness (QED) is 0.597. The van der Waals surface area contributed by atoms with Crippen LogP contribution in [0, 0.1) is 5.92 Å². The van der Waals surface area contributed by atoms with Gasteiger partial charge in [0.15, 0.2) is 12.9 Å². The zero-order valence-electron chi connectivity index (χ0n) is 18.1. The first-order chi connectivity index (χ1) is 14.9. The van der Waals surface area contributed by atoms with Crippen LogP contribution in [0.3, 0.4) is 0 Å². The van der Waals surface area contributed by atoms with Gasteiger partial charge < -0.3 is 20.1 Å². The molecule has 2 aliphatic rings. The van der Waals surface area contributed by atoms with E-state index in [1.807, 2.05) is 6.07 Å². The van der Waals surface area contributed by atoms with Crippen molar-refractivity contribution in [3.63, 3.8) is 0 Å². The van der Waals surface area contributed by atoms with Crippen molar-refractivity contribution in [2.45, 2.75) is 51.4 Å². The van der Waals surface area contributed by atoms with Gasteiger partial charge in [0.1, 0.15) is 17.3 Å². The molecule has 1 aromatic heterocycles. The summed E-state index contributed by atoms with van der Waals surface area (Å²) in [6, 6.07) is 8.95. The summed E-state index contributed by atoms with van der Waals surface area (Å²) in [7, 11) is 1.59. The number of hydrogen-bond donors (Lipinski definition) is 3. The minimum atomic E-state index is -0.515. The smallest absolute Gasteiger partial charge is 0.263 e. The van der Waals surface area contributed by atoms with Crippen LogP contribution in [0.15, 0.2) is 30.3 Å². The Morgan fingerprint density at radius 1 is 1.26 bits per heavy atom. The number of nitrogens with one attached hydrogen (secondary N) is 3. The Morgan fingerprint density at radius 3 is 2.61 bits per heavy atom. The molecule has 2 aromatic rings. The lowest BCUT2D eigenvalue weighted by Gasteiger charge is -2.34. The lowest BCUT2D eigenvalue weighted by Crippen LogP contribution is -2.55. The number of amides is 2. The fraction of sp³-hybridized carbons (Fsp3) is 0.500. The van der Waals surface area contributed by atoms with Gasteiger partial charge in [-0.15, -0.1) is 0 Å². The van der Waals surface area contributed by atoms with Crippen molar-refractivity contribution in [2.24, 2.45) is 5.92 Å². The van der Waals surface area contributed by atoms with Gasteiger partial charge in [0.05, 0.1) is 12.8 Å². The maximum atomic E-state index is 12.6. The summed E-state index contributed by atoms with van der Waals surface area (Å²) in [5.74, 6) is 2.19. The molecule has 1 aliphatic carbocycles. The minimum absolute atomic E-state index is 0.0361. The molecular weight excluding hydrogens is 398 g/mol. The second-order valence-corrected chi connectivity index (χ2v) is 8.38. The average molecular weight is 428 g/mol. The van der Waals surface area contributed by atoms with Crippen LogP contribution in [0.5, 0.6) is 11.5 Å². The lowest BCUT2D eigenvalue weighted by molar-refractivity contribution is -0.126. The van der Waals surface area contributed by atoms with Gasteiger partial charge >= 0.3 is 0 Å². The van der Waals surface area contributed by atoms with Crippen molar-refractivity contribution in [1.29, 1.82) is 0 Å². The number of hydrogen-bond acceptors (Lipinski definition) is 6. The predicted molar refractivity (Wildman–Crippen MR) is 115 cm³/mol. The highest BCUT2D eigenvalue weighted by atomic mass is 16.5. The molecule has 0 radical (unpaired) electrons. The first-order valence-corrected chi connectivity index (χ1v) is 10.6. The number of anilines is 1. The Kier molecular flexibility index (Phi) is 6.13. The van der Waals surface area contributed by atoms with E-state index in [2.05, 4.69) is 34.9 Å². The van der Waals surface area contributed by atoms with Gasteiger partial charge in [0, 0.05) is 24.4 Å². The summed E-state index contributed by atoms with van der Waals surface area (Å²) >= 11 is 0. The Labute approximate surface area is 181 Å². The normalized spacial score (nSPS) is 21.0. The summed E-state index contributed by atoms with van der Waals surface area (Å²) in [6.07, 6.45) is 2.08. The molecule has 2 atom stereocenters. The van der Waals surface area contributed by atoms with Crippen LogP contribution < -0.4 is 25.4 Å². The van der Waals surface area contributed by atoms with Crippen molar-refractivity contribution >= 4 is 17.6 Å².